The van der Waals surface area contributed by atoms with Gasteiger partial charge in [0, 0.05) is 18.5 Å². The number of fused-ring (bicyclic) bond motifs is 1. The number of anilines is 2. The monoisotopic (exact) mass is 494 g/mol. The highest BCUT2D eigenvalue weighted by atomic mass is 19.4. The first kappa shape index (κ1) is 24.6. The smallest absolute Gasteiger partial charge is 0.325 e. The Labute approximate surface area is 203 Å². The quantitative estimate of drug-likeness (QED) is 0.330. The molecule has 0 unspecified atom stereocenters. The summed E-state index contributed by atoms with van der Waals surface area (Å²) in [6.07, 6.45) is -3.68. The molecule has 1 heterocycles. The molecular formula is C26H21F3N4O3. The van der Waals surface area contributed by atoms with Crippen LogP contribution < -0.4 is 16.2 Å². The number of para-hydroxylation sites is 2. The number of rotatable bonds is 7. The van der Waals surface area contributed by atoms with Crippen LogP contribution in [0.15, 0.2) is 77.6 Å². The van der Waals surface area contributed by atoms with Crippen LogP contribution >= 0.6 is 0 Å². The number of nitrogens with one attached hydrogen (secondary N) is 3. The van der Waals surface area contributed by atoms with Crippen molar-refractivity contribution in [2.45, 2.75) is 25.4 Å². The lowest BCUT2D eigenvalue weighted by Crippen LogP contribution is -2.18. The van der Waals surface area contributed by atoms with Gasteiger partial charge in [-0.3, -0.25) is 14.4 Å². The maximum Gasteiger partial charge on any atom is 0.416 e. The Balaban J connectivity index is 1.38. The average molecular weight is 494 g/mol. The Morgan fingerprint density at radius 3 is 2.47 bits per heavy atom. The number of nitrogens with zero attached hydrogens (tertiary/aromatic N) is 1. The molecule has 0 aliphatic heterocycles. The van der Waals surface area contributed by atoms with Crippen LogP contribution in [-0.2, 0) is 17.4 Å². The number of halogens is 3. The molecule has 4 aromatic rings. The molecule has 3 aromatic carbocycles. The largest absolute Gasteiger partial charge is 0.416 e. The summed E-state index contributed by atoms with van der Waals surface area (Å²) in [6, 6.07) is 17.4. The zero-order valence-corrected chi connectivity index (χ0v) is 18.9. The number of carbonyl (C=O) groups excluding carboxylic acids is 2. The lowest BCUT2D eigenvalue weighted by atomic mass is 10.1. The molecule has 0 atom stereocenters. The first-order valence-corrected chi connectivity index (χ1v) is 11.1. The van der Waals surface area contributed by atoms with E-state index in [9.17, 15) is 27.6 Å². The minimum Gasteiger partial charge on any atom is -0.325 e. The highest BCUT2D eigenvalue weighted by Crippen LogP contribution is 2.31. The van der Waals surface area contributed by atoms with E-state index in [2.05, 4.69) is 20.6 Å². The summed E-state index contributed by atoms with van der Waals surface area (Å²) in [7, 11) is 0. The van der Waals surface area contributed by atoms with Gasteiger partial charge >= 0.3 is 6.18 Å². The van der Waals surface area contributed by atoms with Crippen LogP contribution in [0.1, 0.15) is 34.6 Å². The van der Waals surface area contributed by atoms with Crippen LogP contribution in [0.5, 0.6) is 0 Å². The molecule has 0 bridgehead atoms. The predicted octanol–water partition coefficient (Wildman–Crippen LogP) is 5.16. The first-order chi connectivity index (χ1) is 17.2. The lowest BCUT2D eigenvalue weighted by molar-refractivity contribution is -0.137. The van der Waals surface area contributed by atoms with Gasteiger partial charge in [-0.1, -0.05) is 30.3 Å². The first-order valence-electron chi connectivity index (χ1n) is 11.1. The number of alkyl halides is 3. The Kier molecular flexibility index (Phi) is 7.14. The van der Waals surface area contributed by atoms with E-state index in [0.29, 0.717) is 29.6 Å². The standard InChI is InChI=1S/C26H21F3N4O3/c27-26(28,29)16-7-5-8-17(15-16)30-24(35)19-10-2-4-12-21(19)32-23(34)14-6-13-22-31-20-11-3-1-9-18(20)25(36)33-22/h1-5,7-12,15H,6,13-14H2,(H,30,35)(H,32,34)(H,31,33,36). The van der Waals surface area contributed by atoms with Gasteiger partial charge in [-0.05, 0) is 48.9 Å². The third-order valence-electron chi connectivity index (χ3n) is 5.37. The molecule has 0 fully saturated rings. The predicted molar refractivity (Wildman–Crippen MR) is 130 cm³/mol. The average Bonchev–Trinajstić information content (AvgIpc) is 2.84. The van der Waals surface area contributed by atoms with Crippen LogP contribution in [-0.4, -0.2) is 21.8 Å². The molecule has 1 aromatic heterocycles. The highest BCUT2D eigenvalue weighted by molar-refractivity contribution is 6.10. The summed E-state index contributed by atoms with van der Waals surface area (Å²) >= 11 is 0. The van der Waals surface area contributed by atoms with E-state index in [1.807, 2.05) is 0 Å². The third-order valence-corrected chi connectivity index (χ3v) is 5.37. The van der Waals surface area contributed by atoms with Gasteiger partial charge in [0.25, 0.3) is 11.5 Å². The minimum absolute atomic E-state index is 0.0205. The zero-order chi connectivity index (χ0) is 25.7. The van der Waals surface area contributed by atoms with E-state index in [1.54, 1.807) is 36.4 Å². The van der Waals surface area contributed by atoms with Crippen molar-refractivity contribution in [1.29, 1.82) is 0 Å². The maximum absolute atomic E-state index is 13.0. The molecule has 7 nitrogen and oxygen atoms in total. The van der Waals surface area contributed by atoms with Gasteiger partial charge in [0.1, 0.15) is 5.82 Å². The molecule has 0 radical (unpaired) electrons. The SMILES string of the molecule is O=C(CCCc1nc2ccccc2c(=O)[nH]1)Nc1ccccc1C(=O)Nc1cccc(C(F)(F)F)c1. The number of aryl methyl sites for hydroxylation is 1. The molecule has 10 heteroatoms. The van der Waals surface area contributed by atoms with Crippen molar-refractivity contribution >= 4 is 34.1 Å². The van der Waals surface area contributed by atoms with Crippen LogP contribution in [0.4, 0.5) is 24.5 Å². The van der Waals surface area contributed by atoms with Crippen LogP contribution in [0.25, 0.3) is 10.9 Å². The molecule has 4 rings (SSSR count). The molecule has 0 spiro atoms. The van der Waals surface area contributed by atoms with Crippen molar-refractivity contribution in [2.75, 3.05) is 10.6 Å². The number of hydrogen-bond donors (Lipinski definition) is 3. The minimum atomic E-state index is -4.54. The Morgan fingerprint density at radius 1 is 0.917 bits per heavy atom. The van der Waals surface area contributed by atoms with Gasteiger partial charge in [-0.15, -0.1) is 0 Å². The summed E-state index contributed by atoms with van der Waals surface area (Å²) in [4.78, 5) is 44.5. The molecule has 184 valence electrons. The molecule has 0 saturated heterocycles. The highest BCUT2D eigenvalue weighted by Gasteiger charge is 2.30. The number of H-pyrrole nitrogens is 1. The molecule has 2 amide bonds. The van der Waals surface area contributed by atoms with Crippen molar-refractivity contribution in [3.05, 3.63) is 100 Å². The maximum atomic E-state index is 13.0. The summed E-state index contributed by atoms with van der Waals surface area (Å²) in [5.41, 5.74) is -0.257. The lowest BCUT2D eigenvalue weighted by Gasteiger charge is -2.13. The second-order valence-corrected chi connectivity index (χ2v) is 8.01. The van der Waals surface area contributed by atoms with E-state index < -0.39 is 17.6 Å². The van der Waals surface area contributed by atoms with Crippen molar-refractivity contribution in [2.24, 2.45) is 0 Å². The van der Waals surface area contributed by atoms with Gasteiger partial charge in [-0.2, -0.15) is 13.2 Å². The molecule has 36 heavy (non-hydrogen) atoms. The zero-order valence-electron chi connectivity index (χ0n) is 18.9. The summed E-state index contributed by atoms with van der Waals surface area (Å²) in [5, 5.41) is 5.59. The van der Waals surface area contributed by atoms with E-state index in [4.69, 9.17) is 0 Å². The molecular weight excluding hydrogens is 473 g/mol. The van der Waals surface area contributed by atoms with Crippen LogP contribution in [0.3, 0.4) is 0 Å². The van der Waals surface area contributed by atoms with Crippen molar-refractivity contribution < 1.29 is 22.8 Å². The van der Waals surface area contributed by atoms with E-state index in [0.717, 1.165) is 12.1 Å². The topological polar surface area (TPSA) is 104 Å². The molecule has 0 aliphatic rings. The Morgan fingerprint density at radius 2 is 1.67 bits per heavy atom. The second kappa shape index (κ2) is 10.4. The van der Waals surface area contributed by atoms with Crippen molar-refractivity contribution in [3.63, 3.8) is 0 Å². The summed E-state index contributed by atoms with van der Waals surface area (Å²) < 4.78 is 38.9. The molecule has 3 N–H and O–H groups in total. The molecule has 0 aliphatic carbocycles. The van der Waals surface area contributed by atoms with Gasteiger partial charge in [0.15, 0.2) is 0 Å². The van der Waals surface area contributed by atoms with E-state index in [-0.39, 0.29) is 34.8 Å². The third kappa shape index (κ3) is 5.96. The normalized spacial score (nSPS) is 11.3. The Bertz CT molecular complexity index is 1480. The summed E-state index contributed by atoms with van der Waals surface area (Å²) in [6.45, 7) is 0. The van der Waals surface area contributed by atoms with Gasteiger partial charge < -0.3 is 15.6 Å². The van der Waals surface area contributed by atoms with Gasteiger partial charge in [0.2, 0.25) is 5.91 Å². The van der Waals surface area contributed by atoms with Crippen molar-refractivity contribution in [3.8, 4) is 0 Å². The fourth-order valence-electron chi connectivity index (χ4n) is 3.64. The second-order valence-electron chi connectivity index (χ2n) is 8.01. The molecule has 0 saturated carbocycles. The number of carbonyl (C=O) groups is 2. The number of hydrogen-bond acceptors (Lipinski definition) is 4. The van der Waals surface area contributed by atoms with Gasteiger partial charge in [-0.25, -0.2) is 4.98 Å². The number of amides is 2. The van der Waals surface area contributed by atoms with Crippen LogP contribution in [0, 0.1) is 0 Å². The van der Waals surface area contributed by atoms with E-state index >= 15 is 0 Å². The number of aromatic amines is 1. The van der Waals surface area contributed by atoms with E-state index in [1.165, 1.54) is 24.3 Å². The number of benzene rings is 3. The van der Waals surface area contributed by atoms with Crippen molar-refractivity contribution in [1.82, 2.24) is 9.97 Å². The number of aromatic nitrogens is 2. The Hall–Kier alpha value is -4.47. The van der Waals surface area contributed by atoms with Gasteiger partial charge in [0.05, 0.1) is 27.7 Å². The summed E-state index contributed by atoms with van der Waals surface area (Å²) in [5.74, 6) is -0.562. The fraction of sp³-hybridized carbons (Fsp3) is 0.154. The fourth-order valence-corrected chi connectivity index (χ4v) is 3.64. The van der Waals surface area contributed by atoms with Crippen LogP contribution in [0.2, 0.25) is 0 Å².